The lowest BCUT2D eigenvalue weighted by molar-refractivity contribution is 0.0983. The Balaban J connectivity index is 1.48. The molecule has 0 bridgehead atoms. The Morgan fingerprint density at radius 1 is 1.09 bits per heavy atom. The Kier molecular flexibility index (Phi) is 4.78. The highest BCUT2D eigenvalue weighted by molar-refractivity contribution is 6.01. The Hall–Kier alpha value is -4.27. The van der Waals surface area contributed by atoms with Crippen molar-refractivity contribution in [3.8, 4) is 22.6 Å². The molecule has 0 fully saturated rings. The second-order valence-corrected chi connectivity index (χ2v) is 7.42. The molecule has 4 heterocycles. The highest BCUT2D eigenvalue weighted by atomic mass is 19.1. The second kappa shape index (κ2) is 7.77. The third kappa shape index (κ3) is 3.53. The minimum absolute atomic E-state index is 0.151. The summed E-state index contributed by atoms with van der Waals surface area (Å²) >= 11 is 0. The number of ketones is 1. The van der Waals surface area contributed by atoms with Crippen molar-refractivity contribution in [3.05, 3.63) is 84.0 Å². The number of Topliss-reactive ketones (excluding diaryl/α,β-unsaturated/α-hetero) is 1. The van der Waals surface area contributed by atoms with Gasteiger partial charge in [-0.05, 0) is 13.0 Å². The maximum absolute atomic E-state index is 14.8. The van der Waals surface area contributed by atoms with Gasteiger partial charge in [-0.15, -0.1) is 5.10 Å². The van der Waals surface area contributed by atoms with Crippen molar-refractivity contribution in [2.24, 2.45) is 7.05 Å². The Bertz CT molecular complexity index is 1440. The van der Waals surface area contributed by atoms with E-state index in [2.05, 4.69) is 25.1 Å². The molecule has 0 radical (unpaired) electrons. The number of fused-ring (bicyclic) bond motifs is 1. The van der Waals surface area contributed by atoms with Crippen LogP contribution in [0.5, 0.6) is 0 Å². The van der Waals surface area contributed by atoms with E-state index < -0.39 is 5.82 Å². The van der Waals surface area contributed by atoms with Gasteiger partial charge in [-0.3, -0.25) is 19.4 Å². The first-order valence-electron chi connectivity index (χ1n) is 9.94. The fourth-order valence-corrected chi connectivity index (χ4v) is 3.53. The average Bonchev–Trinajstić information content (AvgIpc) is 3.38. The van der Waals surface area contributed by atoms with Gasteiger partial charge in [0.25, 0.3) is 0 Å². The number of rotatable bonds is 5. The van der Waals surface area contributed by atoms with E-state index in [9.17, 15) is 9.18 Å². The standard InChI is InChI=1S/C23H18FN7O/c1-14-10-26-19(12-25-14)17-11-27-30(2)22(17)20(32)8-16-9-21-28-23(15-6-4-3-5-7-15)29-31(21)13-18(16)24/h3-7,9-13H,8H2,1-2H3. The molecule has 0 unspecified atom stereocenters. The molecule has 0 spiro atoms. The topological polar surface area (TPSA) is 90.9 Å². The molecule has 0 aliphatic heterocycles. The predicted molar refractivity (Wildman–Crippen MR) is 115 cm³/mol. The number of hydrogen-bond acceptors (Lipinski definition) is 6. The summed E-state index contributed by atoms with van der Waals surface area (Å²) in [6, 6.07) is 11.0. The first-order chi connectivity index (χ1) is 15.5. The van der Waals surface area contributed by atoms with Crippen LogP contribution in [0, 0.1) is 12.7 Å². The van der Waals surface area contributed by atoms with Crippen molar-refractivity contribution in [2.45, 2.75) is 13.3 Å². The van der Waals surface area contributed by atoms with Crippen LogP contribution in [0.3, 0.4) is 0 Å². The van der Waals surface area contributed by atoms with Crippen molar-refractivity contribution < 1.29 is 9.18 Å². The van der Waals surface area contributed by atoms with Crippen LogP contribution in [0.4, 0.5) is 4.39 Å². The fourth-order valence-electron chi connectivity index (χ4n) is 3.53. The summed E-state index contributed by atoms with van der Waals surface area (Å²) in [5, 5.41) is 8.54. The van der Waals surface area contributed by atoms with Gasteiger partial charge in [0.1, 0.15) is 11.5 Å². The summed E-state index contributed by atoms with van der Waals surface area (Å²) in [7, 11) is 1.67. The maximum Gasteiger partial charge on any atom is 0.186 e. The molecule has 0 atom stereocenters. The SMILES string of the molecule is Cc1cnc(-c2cnn(C)c2C(=O)Cc2cc3nc(-c4ccccc4)nn3cc2F)cn1. The van der Waals surface area contributed by atoms with Gasteiger partial charge in [-0.2, -0.15) is 5.10 Å². The van der Waals surface area contributed by atoms with Gasteiger partial charge < -0.3 is 0 Å². The van der Waals surface area contributed by atoms with Gasteiger partial charge >= 0.3 is 0 Å². The van der Waals surface area contributed by atoms with E-state index in [1.54, 1.807) is 31.7 Å². The van der Waals surface area contributed by atoms with E-state index in [-0.39, 0.29) is 17.8 Å². The van der Waals surface area contributed by atoms with E-state index >= 15 is 0 Å². The predicted octanol–water partition coefficient (Wildman–Crippen LogP) is 3.46. The number of halogens is 1. The van der Waals surface area contributed by atoms with Gasteiger partial charge in [0.2, 0.25) is 0 Å². The summed E-state index contributed by atoms with van der Waals surface area (Å²) in [5.41, 5.74) is 3.72. The summed E-state index contributed by atoms with van der Waals surface area (Å²) in [4.78, 5) is 26.2. The lowest BCUT2D eigenvalue weighted by Gasteiger charge is -2.07. The van der Waals surface area contributed by atoms with Crippen LogP contribution in [0.1, 0.15) is 21.7 Å². The minimum atomic E-state index is -0.533. The molecule has 8 nitrogen and oxygen atoms in total. The van der Waals surface area contributed by atoms with Crippen LogP contribution in [0.25, 0.3) is 28.3 Å². The number of carbonyl (C=O) groups excluding carboxylic acids is 1. The summed E-state index contributed by atoms with van der Waals surface area (Å²) < 4.78 is 17.7. The van der Waals surface area contributed by atoms with Crippen LogP contribution in [-0.4, -0.2) is 40.1 Å². The van der Waals surface area contributed by atoms with E-state index in [1.165, 1.54) is 15.4 Å². The Morgan fingerprint density at radius 2 is 1.91 bits per heavy atom. The molecule has 0 aliphatic carbocycles. The smallest absolute Gasteiger partial charge is 0.186 e. The Labute approximate surface area is 182 Å². The molecule has 9 heteroatoms. The summed E-state index contributed by atoms with van der Waals surface area (Å²) in [6.07, 6.45) is 5.88. The molecule has 0 aliphatic rings. The van der Waals surface area contributed by atoms with Crippen LogP contribution >= 0.6 is 0 Å². The van der Waals surface area contributed by atoms with Crippen LogP contribution in [0.15, 0.2) is 61.2 Å². The van der Waals surface area contributed by atoms with Gasteiger partial charge in [0, 0.05) is 30.8 Å². The largest absolute Gasteiger partial charge is 0.292 e. The molecule has 5 aromatic rings. The quantitative estimate of drug-likeness (QED) is 0.399. The van der Waals surface area contributed by atoms with Crippen LogP contribution < -0.4 is 0 Å². The molecule has 32 heavy (non-hydrogen) atoms. The van der Waals surface area contributed by atoms with Gasteiger partial charge in [0.05, 0.1) is 35.5 Å². The molecule has 5 rings (SSSR count). The molecule has 1 aromatic carbocycles. The first-order valence-corrected chi connectivity index (χ1v) is 9.94. The van der Waals surface area contributed by atoms with Crippen molar-refractivity contribution in [1.29, 1.82) is 0 Å². The summed E-state index contributed by atoms with van der Waals surface area (Å²) in [5.74, 6) is -0.331. The second-order valence-electron chi connectivity index (χ2n) is 7.42. The van der Waals surface area contributed by atoms with Crippen molar-refractivity contribution in [1.82, 2.24) is 34.3 Å². The number of benzene rings is 1. The van der Waals surface area contributed by atoms with Crippen molar-refractivity contribution >= 4 is 11.4 Å². The molecule has 0 amide bonds. The third-order valence-corrected chi connectivity index (χ3v) is 5.15. The lowest BCUT2D eigenvalue weighted by Crippen LogP contribution is -2.12. The van der Waals surface area contributed by atoms with E-state index in [0.29, 0.717) is 28.4 Å². The van der Waals surface area contributed by atoms with Crippen LogP contribution in [0.2, 0.25) is 0 Å². The number of pyridine rings is 1. The normalized spacial score (nSPS) is 11.2. The molecule has 0 N–H and O–H groups in total. The zero-order valence-corrected chi connectivity index (χ0v) is 17.4. The number of nitrogens with zero attached hydrogens (tertiary/aromatic N) is 7. The highest BCUT2D eigenvalue weighted by Gasteiger charge is 2.21. The number of aromatic nitrogens is 7. The van der Waals surface area contributed by atoms with E-state index in [1.807, 2.05) is 37.3 Å². The Morgan fingerprint density at radius 3 is 2.66 bits per heavy atom. The fraction of sp³-hybridized carbons (Fsp3) is 0.130. The zero-order valence-electron chi connectivity index (χ0n) is 17.4. The minimum Gasteiger partial charge on any atom is -0.292 e. The average molecular weight is 427 g/mol. The van der Waals surface area contributed by atoms with E-state index in [4.69, 9.17) is 0 Å². The maximum atomic E-state index is 14.8. The molecular formula is C23H18FN7O. The highest BCUT2D eigenvalue weighted by Crippen LogP contribution is 2.24. The van der Waals surface area contributed by atoms with Gasteiger partial charge in [-0.1, -0.05) is 30.3 Å². The third-order valence-electron chi connectivity index (χ3n) is 5.15. The lowest BCUT2D eigenvalue weighted by atomic mass is 10.0. The molecule has 0 saturated heterocycles. The molecule has 4 aromatic heterocycles. The first kappa shape index (κ1) is 19.7. The van der Waals surface area contributed by atoms with Gasteiger partial charge in [-0.25, -0.2) is 13.9 Å². The number of aryl methyl sites for hydroxylation is 2. The molecular weight excluding hydrogens is 409 g/mol. The van der Waals surface area contributed by atoms with Gasteiger partial charge in [0.15, 0.2) is 17.3 Å². The monoisotopic (exact) mass is 427 g/mol. The zero-order chi connectivity index (χ0) is 22.2. The molecule has 0 saturated carbocycles. The van der Waals surface area contributed by atoms with Crippen LogP contribution in [-0.2, 0) is 13.5 Å². The summed E-state index contributed by atoms with van der Waals surface area (Å²) in [6.45, 7) is 1.83. The van der Waals surface area contributed by atoms with E-state index in [0.717, 1.165) is 11.3 Å². The number of carbonyl (C=O) groups is 1. The number of hydrogen-bond donors (Lipinski definition) is 0. The van der Waals surface area contributed by atoms with Crippen molar-refractivity contribution in [2.75, 3.05) is 0 Å². The van der Waals surface area contributed by atoms with Crippen molar-refractivity contribution in [3.63, 3.8) is 0 Å². The molecule has 158 valence electrons.